The zero-order chi connectivity index (χ0) is 24.6. The molecule has 0 aliphatic heterocycles. The van der Waals surface area contributed by atoms with Gasteiger partial charge in [0.25, 0.3) is 0 Å². The molecule has 1 unspecified atom stereocenters. The summed E-state index contributed by atoms with van der Waals surface area (Å²) in [5, 5.41) is 0. The minimum atomic E-state index is 0. The number of carbonyl (C=O) groups excluding carboxylic acids is 2. The average molecular weight is 483 g/mol. The van der Waals surface area contributed by atoms with Crippen LogP contribution >= 0.6 is 12.0 Å². The normalized spacial score (nSPS) is 10.2. The Morgan fingerprint density at radius 3 is 1.79 bits per heavy atom. The second kappa shape index (κ2) is 17.4. The monoisotopic (exact) mass is 482 g/mol. The molecule has 0 radical (unpaired) electrons. The summed E-state index contributed by atoms with van der Waals surface area (Å²) in [6.45, 7) is 7.59. The molecule has 0 aliphatic rings. The van der Waals surface area contributed by atoms with Crippen LogP contribution in [0.5, 0.6) is 11.5 Å². The van der Waals surface area contributed by atoms with E-state index < -0.39 is 0 Å². The van der Waals surface area contributed by atoms with E-state index in [4.69, 9.17) is 8.92 Å². The first kappa shape index (κ1) is 30.9. The molecule has 34 heavy (non-hydrogen) atoms. The van der Waals surface area contributed by atoms with Crippen molar-refractivity contribution in [1.29, 1.82) is 0 Å². The summed E-state index contributed by atoms with van der Waals surface area (Å²) in [6.07, 6.45) is 2.74. The molecular formula is C29H38O4S. The van der Waals surface area contributed by atoms with Gasteiger partial charge in [-0.3, -0.25) is 9.59 Å². The fraction of sp³-hybridized carbons (Fsp3) is 0.310. The van der Waals surface area contributed by atoms with Crippen LogP contribution in [0.15, 0.2) is 78.9 Å². The van der Waals surface area contributed by atoms with Crippen LogP contribution < -0.4 is 8.92 Å². The fourth-order valence-electron chi connectivity index (χ4n) is 2.59. The molecule has 0 saturated carbocycles. The van der Waals surface area contributed by atoms with Crippen molar-refractivity contribution in [3.05, 3.63) is 95.6 Å². The smallest absolute Gasteiger partial charge is 0.165 e. The van der Waals surface area contributed by atoms with Crippen molar-refractivity contribution in [2.24, 2.45) is 5.92 Å². The summed E-state index contributed by atoms with van der Waals surface area (Å²) < 4.78 is 10.2. The number of ether oxygens (including phenoxy) is 1. The van der Waals surface area contributed by atoms with Gasteiger partial charge < -0.3 is 8.92 Å². The van der Waals surface area contributed by atoms with E-state index in [9.17, 15) is 9.59 Å². The molecule has 0 amide bonds. The minimum Gasteiger partial charge on any atom is -0.497 e. The van der Waals surface area contributed by atoms with Crippen LogP contribution in [0.4, 0.5) is 0 Å². The second-order valence-corrected chi connectivity index (χ2v) is 7.89. The summed E-state index contributed by atoms with van der Waals surface area (Å²) in [7, 11) is 1.67. The van der Waals surface area contributed by atoms with Crippen LogP contribution in [0.25, 0.3) is 0 Å². The molecule has 1 atom stereocenters. The lowest BCUT2D eigenvalue weighted by molar-refractivity contribution is 0.0926. The van der Waals surface area contributed by atoms with Gasteiger partial charge in [-0.1, -0.05) is 69.3 Å². The van der Waals surface area contributed by atoms with Crippen molar-refractivity contribution in [3.8, 4) is 11.5 Å². The van der Waals surface area contributed by atoms with Crippen molar-refractivity contribution < 1.29 is 18.5 Å². The summed E-state index contributed by atoms with van der Waals surface area (Å²) >= 11 is 1.29. The van der Waals surface area contributed by atoms with Crippen LogP contribution in [0.3, 0.4) is 0 Å². The highest BCUT2D eigenvalue weighted by Crippen LogP contribution is 2.18. The van der Waals surface area contributed by atoms with E-state index in [1.165, 1.54) is 17.6 Å². The number of rotatable bonds is 7. The maximum absolute atomic E-state index is 11.8. The topological polar surface area (TPSA) is 52.6 Å². The Balaban J connectivity index is 0.000000498. The Morgan fingerprint density at radius 1 is 0.853 bits per heavy atom. The summed E-state index contributed by atoms with van der Waals surface area (Å²) in [4.78, 5) is 22.4. The Bertz CT molecular complexity index is 952. The van der Waals surface area contributed by atoms with Gasteiger partial charge in [-0.2, -0.15) is 0 Å². The summed E-state index contributed by atoms with van der Waals surface area (Å²) in [5.74, 6) is 2.12. The average Bonchev–Trinajstić information content (AvgIpc) is 2.85. The van der Waals surface area contributed by atoms with Crippen molar-refractivity contribution in [1.82, 2.24) is 0 Å². The fourth-order valence-corrected chi connectivity index (χ4v) is 2.89. The molecule has 3 aromatic carbocycles. The van der Waals surface area contributed by atoms with Crippen LogP contribution in [0.2, 0.25) is 0 Å². The number of carbonyl (C=O) groups is 2. The molecule has 184 valence electrons. The predicted molar refractivity (Wildman–Crippen MR) is 145 cm³/mol. The molecule has 0 aliphatic carbocycles. The second-order valence-electron chi connectivity index (χ2n) is 7.39. The van der Waals surface area contributed by atoms with Gasteiger partial charge in [0.2, 0.25) is 0 Å². The number of methoxy groups -OCH3 is 1. The third-order valence-corrected chi connectivity index (χ3v) is 5.17. The molecule has 0 N–H and O–H groups in total. The maximum Gasteiger partial charge on any atom is 0.165 e. The van der Waals surface area contributed by atoms with Crippen LogP contribution in [0, 0.1) is 12.8 Å². The molecule has 5 heteroatoms. The zero-order valence-electron chi connectivity index (χ0n) is 20.3. The van der Waals surface area contributed by atoms with Crippen LogP contribution in [-0.2, 0) is 0 Å². The van der Waals surface area contributed by atoms with E-state index >= 15 is 0 Å². The highest BCUT2D eigenvalue weighted by atomic mass is 32.2. The lowest BCUT2D eigenvalue weighted by Gasteiger charge is -2.07. The predicted octanol–water partition coefficient (Wildman–Crippen LogP) is 8.10. The molecular weight excluding hydrogens is 444 g/mol. The van der Waals surface area contributed by atoms with Gasteiger partial charge in [-0.25, -0.2) is 0 Å². The SMILES string of the molecule is C.CC(=O)c1ccccc1.CCC(C)C(=O)c1ccc(OSC)cc1.COc1ccc(C)cc1. The maximum atomic E-state index is 11.8. The molecule has 0 saturated heterocycles. The van der Waals surface area contributed by atoms with Gasteiger partial charge in [-0.15, -0.1) is 0 Å². The highest BCUT2D eigenvalue weighted by Gasteiger charge is 2.12. The number of ketones is 2. The van der Waals surface area contributed by atoms with Crippen molar-refractivity contribution in [2.75, 3.05) is 13.4 Å². The standard InChI is InChI=1S/C12H16O2S.C8H10O.C8H8O.CH4/c1-4-9(2)12(13)10-5-7-11(8-6-10)14-15-3;1-7-3-5-8(9-2)6-4-7;1-7(9)8-5-3-2-4-6-8;/h5-9H,4H2,1-3H3;3-6H,1-2H3;2-6H,1H3;1H4. The Hall–Kier alpha value is -3.05. The first-order valence-electron chi connectivity index (χ1n) is 10.8. The van der Waals surface area contributed by atoms with Gasteiger partial charge in [0.15, 0.2) is 11.6 Å². The van der Waals surface area contributed by atoms with E-state index in [1.807, 2.05) is 99.0 Å². The lowest BCUT2D eigenvalue weighted by atomic mass is 9.97. The van der Waals surface area contributed by atoms with Gasteiger partial charge in [0.1, 0.15) is 11.5 Å². The van der Waals surface area contributed by atoms with E-state index in [0.717, 1.165) is 29.0 Å². The molecule has 0 fully saturated rings. The zero-order valence-corrected chi connectivity index (χ0v) is 21.1. The Kier molecular flexibility index (Phi) is 15.9. The third kappa shape index (κ3) is 11.7. The summed E-state index contributed by atoms with van der Waals surface area (Å²) in [5.41, 5.74) is 2.80. The first-order valence-corrected chi connectivity index (χ1v) is 12.0. The molecule has 0 aromatic heterocycles. The molecule has 0 heterocycles. The van der Waals surface area contributed by atoms with E-state index in [2.05, 4.69) is 6.92 Å². The number of hydrogen-bond acceptors (Lipinski definition) is 5. The third-order valence-electron chi connectivity index (χ3n) is 4.82. The summed E-state index contributed by atoms with van der Waals surface area (Å²) in [6, 6.07) is 24.5. The first-order chi connectivity index (χ1) is 15.8. The van der Waals surface area contributed by atoms with Gasteiger partial charge in [0, 0.05) is 23.3 Å². The number of aryl methyl sites for hydroxylation is 1. The molecule has 0 spiro atoms. The molecule has 3 aromatic rings. The van der Waals surface area contributed by atoms with Gasteiger partial charge in [0.05, 0.1) is 19.2 Å². The highest BCUT2D eigenvalue weighted by molar-refractivity contribution is 7.94. The van der Waals surface area contributed by atoms with Gasteiger partial charge >= 0.3 is 0 Å². The van der Waals surface area contributed by atoms with E-state index in [-0.39, 0.29) is 24.9 Å². The number of hydrogen-bond donors (Lipinski definition) is 0. The molecule has 3 rings (SSSR count). The van der Waals surface area contributed by atoms with E-state index in [1.54, 1.807) is 14.0 Å². The van der Waals surface area contributed by atoms with Crippen LogP contribution in [-0.4, -0.2) is 24.9 Å². The lowest BCUT2D eigenvalue weighted by Crippen LogP contribution is -2.09. The Morgan fingerprint density at radius 2 is 1.38 bits per heavy atom. The van der Waals surface area contributed by atoms with Crippen molar-refractivity contribution >= 4 is 23.6 Å². The molecule has 4 nitrogen and oxygen atoms in total. The number of benzene rings is 3. The largest absolute Gasteiger partial charge is 0.497 e. The van der Waals surface area contributed by atoms with Crippen LogP contribution in [0.1, 0.15) is 60.9 Å². The number of Topliss-reactive ketones (excluding diaryl/α,β-unsaturated/α-hetero) is 2. The minimum absolute atomic E-state index is 0. The van der Waals surface area contributed by atoms with Crippen molar-refractivity contribution in [3.63, 3.8) is 0 Å². The molecule has 0 bridgehead atoms. The van der Waals surface area contributed by atoms with Gasteiger partial charge in [-0.05, 0) is 56.7 Å². The van der Waals surface area contributed by atoms with E-state index in [0.29, 0.717) is 0 Å². The van der Waals surface area contributed by atoms with Crippen molar-refractivity contribution in [2.45, 2.75) is 41.5 Å². The Labute approximate surface area is 209 Å². The quantitative estimate of drug-likeness (QED) is 0.251.